The number of sulfone groups is 1. The van der Waals surface area contributed by atoms with Crippen molar-refractivity contribution >= 4 is 9.84 Å². The molecule has 1 saturated heterocycles. The molecule has 1 unspecified atom stereocenters. The zero-order valence-electron chi connectivity index (χ0n) is 11.9. The third kappa shape index (κ3) is 5.89. The normalized spacial score (nSPS) is 27.9. The van der Waals surface area contributed by atoms with Crippen molar-refractivity contribution in [1.82, 2.24) is 0 Å². The predicted octanol–water partition coefficient (Wildman–Crippen LogP) is 3.31. The molecule has 0 aromatic rings. The Morgan fingerprint density at radius 3 is 2.67 bits per heavy atom. The van der Waals surface area contributed by atoms with Gasteiger partial charge >= 0.3 is 0 Å². The summed E-state index contributed by atoms with van der Waals surface area (Å²) >= 11 is 0. The van der Waals surface area contributed by atoms with Gasteiger partial charge in [-0.3, -0.25) is 0 Å². The lowest BCUT2D eigenvalue weighted by Gasteiger charge is -2.30. The second kappa shape index (κ2) is 6.60. The Labute approximate surface area is 112 Å². The second-order valence-corrected chi connectivity index (χ2v) is 8.21. The molecule has 0 amide bonds. The highest BCUT2D eigenvalue weighted by atomic mass is 32.2. The molecule has 0 aromatic heterocycles. The zero-order valence-corrected chi connectivity index (χ0v) is 12.7. The van der Waals surface area contributed by atoms with E-state index in [1.807, 2.05) is 13.8 Å². The smallest absolute Gasteiger partial charge is 0.150 e. The van der Waals surface area contributed by atoms with Crippen molar-refractivity contribution in [2.24, 2.45) is 5.41 Å². The van der Waals surface area contributed by atoms with Gasteiger partial charge < -0.3 is 4.74 Å². The molecule has 1 aliphatic heterocycles. The summed E-state index contributed by atoms with van der Waals surface area (Å²) in [4.78, 5) is 0. The minimum Gasteiger partial charge on any atom is -0.501 e. The van der Waals surface area contributed by atoms with Crippen LogP contribution in [0.5, 0.6) is 0 Å². The highest BCUT2D eigenvalue weighted by Crippen LogP contribution is 2.33. The fourth-order valence-corrected chi connectivity index (χ4v) is 4.59. The average molecular weight is 274 g/mol. The van der Waals surface area contributed by atoms with Crippen molar-refractivity contribution in [3.05, 3.63) is 11.8 Å². The van der Waals surface area contributed by atoms with Gasteiger partial charge in [-0.05, 0) is 44.1 Å². The van der Waals surface area contributed by atoms with Gasteiger partial charge in [0.1, 0.15) is 0 Å². The Kier molecular flexibility index (Phi) is 5.70. The first-order valence-corrected chi connectivity index (χ1v) is 8.61. The summed E-state index contributed by atoms with van der Waals surface area (Å²) in [6, 6.07) is 0. The SMILES string of the molecule is CC(C)=COCCC1(C)CCCCCS(=O)(=O)C1. The largest absolute Gasteiger partial charge is 0.501 e. The molecule has 1 fully saturated rings. The molecule has 0 aliphatic carbocycles. The van der Waals surface area contributed by atoms with Gasteiger partial charge in [-0.15, -0.1) is 0 Å². The summed E-state index contributed by atoms with van der Waals surface area (Å²) < 4.78 is 29.3. The van der Waals surface area contributed by atoms with Crippen LogP contribution in [0.1, 0.15) is 52.9 Å². The number of ether oxygens (including phenoxy) is 1. The van der Waals surface area contributed by atoms with Crippen molar-refractivity contribution in [3.8, 4) is 0 Å². The minimum absolute atomic E-state index is 0.116. The van der Waals surface area contributed by atoms with Crippen LogP contribution < -0.4 is 0 Å². The van der Waals surface area contributed by atoms with Crippen molar-refractivity contribution in [3.63, 3.8) is 0 Å². The molecular weight excluding hydrogens is 248 g/mol. The van der Waals surface area contributed by atoms with Gasteiger partial charge in [-0.1, -0.05) is 19.8 Å². The van der Waals surface area contributed by atoms with Crippen LogP contribution in [0.2, 0.25) is 0 Å². The first-order chi connectivity index (χ1) is 8.33. The quantitative estimate of drug-likeness (QED) is 0.583. The van der Waals surface area contributed by atoms with Crippen LogP contribution >= 0.6 is 0 Å². The number of rotatable bonds is 4. The maximum Gasteiger partial charge on any atom is 0.150 e. The molecule has 0 N–H and O–H groups in total. The number of hydrogen-bond acceptors (Lipinski definition) is 3. The molecule has 1 aliphatic rings. The Hall–Kier alpha value is -0.510. The van der Waals surface area contributed by atoms with E-state index in [4.69, 9.17) is 4.74 Å². The van der Waals surface area contributed by atoms with Gasteiger partial charge in [0.05, 0.1) is 24.4 Å². The maximum atomic E-state index is 11.9. The van der Waals surface area contributed by atoms with Crippen LogP contribution in [0.4, 0.5) is 0 Å². The molecule has 18 heavy (non-hydrogen) atoms. The molecule has 0 bridgehead atoms. The summed E-state index contributed by atoms with van der Waals surface area (Å²) in [5, 5.41) is 0. The fourth-order valence-electron chi connectivity index (χ4n) is 2.45. The molecule has 0 saturated carbocycles. The van der Waals surface area contributed by atoms with Gasteiger partial charge in [0.25, 0.3) is 0 Å². The van der Waals surface area contributed by atoms with Crippen molar-refractivity contribution < 1.29 is 13.2 Å². The van der Waals surface area contributed by atoms with Crippen molar-refractivity contribution in [2.45, 2.75) is 52.9 Å². The summed E-state index contributed by atoms with van der Waals surface area (Å²) in [7, 11) is -2.87. The first-order valence-electron chi connectivity index (χ1n) is 6.78. The Balaban J connectivity index is 2.55. The fraction of sp³-hybridized carbons (Fsp3) is 0.857. The molecule has 4 heteroatoms. The lowest BCUT2D eigenvalue weighted by Crippen LogP contribution is -2.31. The summed E-state index contributed by atoms with van der Waals surface area (Å²) in [5.74, 6) is 0.676. The molecule has 0 radical (unpaired) electrons. The van der Waals surface area contributed by atoms with E-state index in [-0.39, 0.29) is 5.41 Å². The Bertz CT molecular complexity index is 380. The molecule has 106 valence electrons. The van der Waals surface area contributed by atoms with E-state index in [0.29, 0.717) is 18.1 Å². The molecule has 1 heterocycles. The number of allylic oxidation sites excluding steroid dienone is 1. The van der Waals surface area contributed by atoms with E-state index in [1.165, 1.54) is 0 Å². The summed E-state index contributed by atoms with van der Waals surface area (Å²) in [6.45, 7) is 6.67. The van der Waals surface area contributed by atoms with Gasteiger partial charge in [0.2, 0.25) is 0 Å². The highest BCUT2D eigenvalue weighted by Gasteiger charge is 2.31. The third-order valence-electron chi connectivity index (χ3n) is 3.45. The molecule has 3 nitrogen and oxygen atoms in total. The van der Waals surface area contributed by atoms with Crippen LogP contribution in [-0.2, 0) is 14.6 Å². The summed E-state index contributed by atoms with van der Waals surface area (Å²) in [6.07, 6.45) is 6.55. The standard InChI is InChI=1S/C14H26O3S/c1-13(2)11-17-9-8-14(3)7-5-4-6-10-18(15,16)12-14/h11H,4-10,12H2,1-3H3. The van der Waals surface area contributed by atoms with E-state index in [9.17, 15) is 8.42 Å². The highest BCUT2D eigenvalue weighted by molar-refractivity contribution is 7.91. The Morgan fingerprint density at radius 2 is 2.00 bits per heavy atom. The second-order valence-electron chi connectivity index (χ2n) is 6.03. The monoisotopic (exact) mass is 274 g/mol. The van der Waals surface area contributed by atoms with E-state index in [0.717, 1.165) is 37.7 Å². The van der Waals surface area contributed by atoms with Crippen molar-refractivity contribution in [2.75, 3.05) is 18.1 Å². The van der Waals surface area contributed by atoms with Crippen LogP contribution in [0.3, 0.4) is 0 Å². The lowest BCUT2D eigenvalue weighted by atomic mass is 9.83. The van der Waals surface area contributed by atoms with E-state index in [2.05, 4.69) is 6.92 Å². The lowest BCUT2D eigenvalue weighted by molar-refractivity contribution is 0.176. The molecule has 1 rings (SSSR count). The molecule has 1 atom stereocenters. The first kappa shape index (κ1) is 15.5. The van der Waals surface area contributed by atoms with Gasteiger partial charge in [-0.2, -0.15) is 0 Å². The Morgan fingerprint density at radius 1 is 1.28 bits per heavy atom. The van der Waals surface area contributed by atoms with Gasteiger partial charge in [-0.25, -0.2) is 8.42 Å². The summed E-state index contributed by atoms with van der Waals surface area (Å²) in [5.41, 5.74) is 1.01. The van der Waals surface area contributed by atoms with E-state index in [1.54, 1.807) is 6.26 Å². The van der Waals surface area contributed by atoms with Gasteiger partial charge in [0, 0.05) is 0 Å². The van der Waals surface area contributed by atoms with E-state index < -0.39 is 9.84 Å². The number of hydrogen-bond donors (Lipinski definition) is 0. The molecular formula is C14H26O3S. The molecule has 0 spiro atoms. The van der Waals surface area contributed by atoms with Crippen molar-refractivity contribution in [1.29, 1.82) is 0 Å². The predicted molar refractivity (Wildman–Crippen MR) is 75.2 cm³/mol. The minimum atomic E-state index is -2.87. The van der Waals surface area contributed by atoms with Crippen LogP contribution in [0, 0.1) is 5.41 Å². The molecule has 0 aromatic carbocycles. The maximum absolute atomic E-state index is 11.9. The average Bonchev–Trinajstić information content (AvgIpc) is 2.21. The van der Waals surface area contributed by atoms with Crippen LogP contribution in [0.25, 0.3) is 0 Å². The third-order valence-corrected chi connectivity index (χ3v) is 5.49. The zero-order chi connectivity index (χ0) is 13.6. The van der Waals surface area contributed by atoms with Gasteiger partial charge in [0.15, 0.2) is 9.84 Å². The topological polar surface area (TPSA) is 43.4 Å². The van der Waals surface area contributed by atoms with Crippen LogP contribution in [0.15, 0.2) is 11.8 Å². The van der Waals surface area contributed by atoms with Crippen LogP contribution in [-0.4, -0.2) is 26.5 Å². The van der Waals surface area contributed by atoms with E-state index >= 15 is 0 Å².